The Morgan fingerprint density at radius 2 is 2.15 bits per heavy atom. The molecule has 2 atom stereocenters. The summed E-state index contributed by atoms with van der Waals surface area (Å²) in [4.78, 5) is 8.71. The van der Waals surface area contributed by atoms with Crippen molar-refractivity contribution >= 4 is 40.7 Å². The van der Waals surface area contributed by atoms with Crippen LogP contribution in [0.3, 0.4) is 0 Å². The average molecular weight is 502 g/mol. The molecule has 1 aromatic carbocycles. The summed E-state index contributed by atoms with van der Waals surface area (Å²) in [6.45, 7) is 3.33. The summed E-state index contributed by atoms with van der Waals surface area (Å²) in [5.74, 6) is 3.80. The maximum absolute atomic E-state index is 12.2. The van der Waals surface area contributed by atoms with Gasteiger partial charge in [-0.2, -0.15) is 5.10 Å². The largest absolute Gasteiger partial charge is 0.355 e. The van der Waals surface area contributed by atoms with Gasteiger partial charge in [-0.05, 0) is 18.9 Å². The maximum atomic E-state index is 12.2. The SMILES string of the molecule is CN=C(NCCS(=O)Cc1ccccc1)NC1CCc2nc(C)nn2C1.I. The third-order valence-electron chi connectivity index (χ3n) is 4.32. The summed E-state index contributed by atoms with van der Waals surface area (Å²) in [6.07, 6.45) is 1.91. The smallest absolute Gasteiger partial charge is 0.191 e. The fraction of sp³-hybridized carbons (Fsp3) is 0.500. The van der Waals surface area contributed by atoms with Crippen LogP contribution >= 0.6 is 24.0 Å². The minimum absolute atomic E-state index is 0. The van der Waals surface area contributed by atoms with E-state index in [4.69, 9.17) is 0 Å². The number of rotatable bonds is 6. The summed E-state index contributed by atoms with van der Waals surface area (Å²) in [5, 5.41) is 11.1. The van der Waals surface area contributed by atoms with Crippen molar-refractivity contribution in [2.75, 3.05) is 19.3 Å². The number of halogens is 1. The van der Waals surface area contributed by atoms with Gasteiger partial charge >= 0.3 is 0 Å². The lowest BCUT2D eigenvalue weighted by Gasteiger charge is -2.25. The van der Waals surface area contributed by atoms with Crippen LogP contribution in [0, 0.1) is 6.92 Å². The van der Waals surface area contributed by atoms with Crippen LogP contribution in [0.4, 0.5) is 0 Å². The number of aromatic nitrogens is 3. The second-order valence-corrected chi connectivity index (χ2v) is 7.99. The van der Waals surface area contributed by atoms with Gasteiger partial charge in [-0.15, -0.1) is 24.0 Å². The summed E-state index contributed by atoms with van der Waals surface area (Å²) >= 11 is 0. The maximum Gasteiger partial charge on any atom is 0.191 e. The molecule has 1 aromatic heterocycles. The van der Waals surface area contributed by atoms with Crippen molar-refractivity contribution in [3.63, 3.8) is 0 Å². The van der Waals surface area contributed by atoms with Gasteiger partial charge in [-0.25, -0.2) is 9.67 Å². The first-order valence-corrected chi connectivity index (χ1v) is 10.4. The standard InChI is InChI=1S/C18H26N6OS.HI/c1-14-21-17-9-8-16(12-24(17)23-14)22-18(19-2)20-10-11-26(25)13-15-6-4-3-5-7-15;/h3-7,16H,8-13H2,1-2H3,(H2,19,20,22);1H. The van der Waals surface area contributed by atoms with Crippen LogP contribution in [0.15, 0.2) is 35.3 Å². The molecule has 0 spiro atoms. The van der Waals surface area contributed by atoms with Crippen LogP contribution in [-0.4, -0.2) is 50.3 Å². The zero-order valence-corrected chi connectivity index (χ0v) is 18.9. The Kier molecular flexibility index (Phi) is 8.68. The molecule has 0 aliphatic carbocycles. The zero-order chi connectivity index (χ0) is 18.4. The molecule has 27 heavy (non-hydrogen) atoms. The van der Waals surface area contributed by atoms with E-state index >= 15 is 0 Å². The van der Waals surface area contributed by atoms with E-state index in [0.717, 1.165) is 42.6 Å². The molecular weight excluding hydrogens is 475 g/mol. The fourth-order valence-electron chi connectivity index (χ4n) is 3.06. The molecule has 0 bridgehead atoms. The number of aliphatic imine (C=N–C) groups is 1. The van der Waals surface area contributed by atoms with Crippen LogP contribution < -0.4 is 10.6 Å². The number of hydrogen-bond donors (Lipinski definition) is 2. The van der Waals surface area contributed by atoms with Crippen LogP contribution in [0.1, 0.15) is 23.6 Å². The van der Waals surface area contributed by atoms with Gasteiger partial charge in [0.05, 0.1) is 6.54 Å². The normalized spacial score (nSPS) is 17.6. The lowest BCUT2D eigenvalue weighted by molar-refractivity contribution is 0.392. The summed E-state index contributed by atoms with van der Waals surface area (Å²) in [7, 11) is 0.863. The van der Waals surface area contributed by atoms with Gasteiger partial charge in [0, 0.05) is 48.4 Å². The second kappa shape index (κ2) is 10.7. The molecular formula is C18H27IN6OS. The molecule has 0 saturated heterocycles. The average Bonchev–Trinajstić information content (AvgIpc) is 3.01. The highest BCUT2D eigenvalue weighted by Gasteiger charge is 2.21. The molecule has 7 nitrogen and oxygen atoms in total. The fourth-order valence-corrected chi connectivity index (χ4v) is 4.09. The van der Waals surface area contributed by atoms with Crippen molar-refractivity contribution in [2.45, 2.75) is 38.1 Å². The minimum atomic E-state index is -0.891. The number of nitrogens with zero attached hydrogens (tertiary/aromatic N) is 4. The van der Waals surface area contributed by atoms with Gasteiger partial charge in [0.15, 0.2) is 5.96 Å². The van der Waals surface area contributed by atoms with Gasteiger partial charge < -0.3 is 10.6 Å². The zero-order valence-electron chi connectivity index (χ0n) is 15.7. The van der Waals surface area contributed by atoms with Crippen LogP contribution in [0.5, 0.6) is 0 Å². The number of guanidine groups is 1. The van der Waals surface area contributed by atoms with E-state index in [1.54, 1.807) is 7.05 Å². The van der Waals surface area contributed by atoms with Crippen molar-refractivity contribution < 1.29 is 4.21 Å². The van der Waals surface area contributed by atoms with E-state index in [2.05, 4.69) is 25.7 Å². The highest BCUT2D eigenvalue weighted by atomic mass is 127. The first-order valence-electron chi connectivity index (χ1n) is 8.90. The third kappa shape index (κ3) is 6.56. The van der Waals surface area contributed by atoms with E-state index < -0.39 is 10.8 Å². The molecule has 3 rings (SSSR count). The van der Waals surface area contributed by atoms with E-state index in [9.17, 15) is 4.21 Å². The lowest BCUT2D eigenvalue weighted by Crippen LogP contribution is -2.47. The Balaban J connectivity index is 0.00000261. The van der Waals surface area contributed by atoms with E-state index in [1.807, 2.05) is 41.9 Å². The molecule has 148 valence electrons. The van der Waals surface area contributed by atoms with Crippen LogP contribution in [-0.2, 0) is 29.5 Å². The highest BCUT2D eigenvalue weighted by molar-refractivity contribution is 14.0. The molecule has 1 aliphatic rings. The quantitative estimate of drug-likeness (QED) is 0.357. The van der Waals surface area contributed by atoms with Gasteiger partial charge in [-0.3, -0.25) is 9.20 Å². The number of fused-ring (bicyclic) bond motifs is 1. The predicted octanol–water partition coefficient (Wildman–Crippen LogP) is 1.63. The molecule has 0 amide bonds. The van der Waals surface area contributed by atoms with Crippen LogP contribution in [0.2, 0.25) is 0 Å². The Hall–Kier alpha value is -1.49. The van der Waals surface area contributed by atoms with Gasteiger partial charge in [0.1, 0.15) is 11.6 Å². The molecule has 0 radical (unpaired) electrons. The molecule has 2 heterocycles. The number of hydrogen-bond acceptors (Lipinski definition) is 4. The molecule has 9 heteroatoms. The van der Waals surface area contributed by atoms with Crippen molar-refractivity contribution in [1.29, 1.82) is 0 Å². The Labute approximate surface area is 179 Å². The molecule has 1 aliphatic heterocycles. The highest BCUT2D eigenvalue weighted by Crippen LogP contribution is 2.12. The first kappa shape index (κ1) is 21.8. The molecule has 0 saturated carbocycles. The van der Waals surface area contributed by atoms with E-state index in [0.29, 0.717) is 18.1 Å². The van der Waals surface area contributed by atoms with Crippen molar-refractivity contribution in [3.05, 3.63) is 47.5 Å². The van der Waals surface area contributed by atoms with E-state index in [-0.39, 0.29) is 30.0 Å². The van der Waals surface area contributed by atoms with Gasteiger partial charge in [-0.1, -0.05) is 30.3 Å². The second-order valence-electron chi connectivity index (χ2n) is 6.41. The van der Waals surface area contributed by atoms with Crippen molar-refractivity contribution in [2.24, 2.45) is 4.99 Å². The Morgan fingerprint density at radius 3 is 2.89 bits per heavy atom. The molecule has 2 N–H and O–H groups in total. The number of benzene rings is 1. The summed E-state index contributed by atoms with van der Waals surface area (Å²) in [6, 6.07) is 10.2. The topological polar surface area (TPSA) is 84.2 Å². The van der Waals surface area contributed by atoms with Gasteiger partial charge in [0.2, 0.25) is 0 Å². The summed E-state index contributed by atoms with van der Waals surface area (Å²) < 4.78 is 14.2. The Morgan fingerprint density at radius 1 is 1.37 bits per heavy atom. The number of aryl methyl sites for hydroxylation is 2. The van der Waals surface area contributed by atoms with Crippen molar-refractivity contribution in [1.82, 2.24) is 25.4 Å². The van der Waals surface area contributed by atoms with Gasteiger partial charge in [0.25, 0.3) is 0 Å². The minimum Gasteiger partial charge on any atom is -0.355 e. The van der Waals surface area contributed by atoms with E-state index in [1.165, 1.54) is 0 Å². The monoisotopic (exact) mass is 502 g/mol. The van der Waals surface area contributed by atoms with Crippen LogP contribution in [0.25, 0.3) is 0 Å². The lowest BCUT2D eigenvalue weighted by atomic mass is 10.1. The molecule has 2 aromatic rings. The predicted molar refractivity (Wildman–Crippen MR) is 120 cm³/mol. The molecule has 2 unspecified atom stereocenters. The summed E-state index contributed by atoms with van der Waals surface area (Å²) in [5.41, 5.74) is 1.11. The van der Waals surface area contributed by atoms with Crippen molar-refractivity contribution in [3.8, 4) is 0 Å². The molecule has 0 fully saturated rings. The number of nitrogens with one attached hydrogen (secondary N) is 2. The Bertz CT molecular complexity index is 779. The first-order chi connectivity index (χ1) is 12.6. The third-order valence-corrected chi connectivity index (χ3v) is 5.64.